The number of hydrogen-bond donors (Lipinski definition) is 2. The van der Waals surface area contributed by atoms with Crippen LogP contribution in [0, 0.1) is 5.92 Å². The third-order valence-electron chi connectivity index (χ3n) is 5.84. The monoisotopic (exact) mass is 418 g/mol. The number of nitrogens with zero attached hydrogens (tertiary/aromatic N) is 2. The molecular formula is C21H30N4O5. The van der Waals surface area contributed by atoms with E-state index in [0.717, 1.165) is 23.4 Å². The van der Waals surface area contributed by atoms with E-state index in [-0.39, 0.29) is 12.5 Å². The molecule has 4 amide bonds. The smallest absolute Gasteiger partial charge is 0.344 e. The molecule has 1 saturated heterocycles. The lowest BCUT2D eigenvalue weighted by molar-refractivity contribution is -0.140. The number of methoxy groups -OCH3 is 2. The van der Waals surface area contributed by atoms with E-state index >= 15 is 0 Å². The summed E-state index contributed by atoms with van der Waals surface area (Å²) in [6, 6.07) is 4.98. The maximum atomic E-state index is 12.8. The molecule has 2 N–H and O–H groups in total. The van der Waals surface area contributed by atoms with Crippen LogP contribution in [0.15, 0.2) is 18.2 Å². The van der Waals surface area contributed by atoms with Crippen LogP contribution in [0.25, 0.3) is 0 Å². The third-order valence-corrected chi connectivity index (χ3v) is 5.84. The van der Waals surface area contributed by atoms with Crippen molar-refractivity contribution in [2.45, 2.75) is 44.7 Å². The van der Waals surface area contributed by atoms with Crippen molar-refractivity contribution in [1.29, 1.82) is 0 Å². The molecule has 0 radical (unpaired) electrons. The number of nitrogens with one attached hydrogen (secondary N) is 2. The number of hydrogen-bond acceptors (Lipinski definition) is 6. The Balaban J connectivity index is 1.56. The summed E-state index contributed by atoms with van der Waals surface area (Å²) in [5.74, 6) is 0.984. The zero-order valence-electron chi connectivity index (χ0n) is 18.0. The van der Waals surface area contributed by atoms with Gasteiger partial charge in [-0.05, 0) is 56.3 Å². The van der Waals surface area contributed by atoms with Gasteiger partial charge in [-0.3, -0.25) is 19.9 Å². The van der Waals surface area contributed by atoms with Crippen molar-refractivity contribution >= 4 is 17.8 Å². The molecule has 1 aromatic carbocycles. The van der Waals surface area contributed by atoms with Crippen LogP contribution in [-0.4, -0.2) is 61.1 Å². The second kappa shape index (κ2) is 8.91. The molecule has 1 heterocycles. The Hall–Kier alpha value is -2.81. The number of urea groups is 1. The van der Waals surface area contributed by atoms with Crippen molar-refractivity contribution < 1.29 is 23.9 Å². The van der Waals surface area contributed by atoms with Crippen LogP contribution >= 0.6 is 0 Å². The summed E-state index contributed by atoms with van der Waals surface area (Å²) in [4.78, 5) is 39.4. The Bertz CT molecular complexity index is 820. The standard InChI is InChI=1S/C21H30N4O5/c1-14-7-9-21(10-8-14)19(27)25(20(28)22-21)23-18(26)13-24(2)12-15-5-6-16(29-3)17(11-15)30-4/h5-6,11,14H,7-10,12-13H2,1-4H3,(H,22,28)(H,23,26). The van der Waals surface area contributed by atoms with E-state index in [1.807, 2.05) is 12.1 Å². The summed E-state index contributed by atoms with van der Waals surface area (Å²) in [6.07, 6.45) is 2.96. The van der Waals surface area contributed by atoms with E-state index in [1.54, 1.807) is 32.2 Å². The van der Waals surface area contributed by atoms with Crippen LogP contribution in [0.1, 0.15) is 38.2 Å². The SMILES string of the molecule is COc1ccc(CN(C)CC(=O)NN2C(=O)NC3(CCC(C)CC3)C2=O)cc1OC. The van der Waals surface area contributed by atoms with Crippen molar-refractivity contribution in [3.8, 4) is 11.5 Å². The number of ether oxygens (including phenoxy) is 2. The molecule has 0 aromatic heterocycles. The fourth-order valence-electron chi connectivity index (χ4n) is 4.07. The first-order chi connectivity index (χ1) is 14.3. The minimum absolute atomic E-state index is 0.0233. The summed E-state index contributed by atoms with van der Waals surface area (Å²) in [5, 5.41) is 3.63. The summed E-state index contributed by atoms with van der Waals surface area (Å²) in [7, 11) is 4.92. The fraction of sp³-hybridized carbons (Fsp3) is 0.571. The van der Waals surface area contributed by atoms with Gasteiger partial charge < -0.3 is 14.8 Å². The second-order valence-corrected chi connectivity index (χ2v) is 8.23. The summed E-state index contributed by atoms with van der Waals surface area (Å²) in [5.41, 5.74) is 2.53. The number of benzene rings is 1. The average molecular weight is 418 g/mol. The van der Waals surface area contributed by atoms with Gasteiger partial charge in [0.2, 0.25) is 0 Å². The highest BCUT2D eigenvalue weighted by atomic mass is 16.5. The van der Waals surface area contributed by atoms with Gasteiger partial charge >= 0.3 is 6.03 Å². The summed E-state index contributed by atoms with van der Waals surface area (Å²) in [6.45, 7) is 2.65. The number of rotatable bonds is 7. The number of imide groups is 1. The predicted octanol–water partition coefficient (Wildman–Crippen LogP) is 1.67. The Morgan fingerprint density at radius 3 is 2.53 bits per heavy atom. The lowest BCUT2D eigenvalue weighted by Crippen LogP contribution is -2.52. The molecule has 0 unspecified atom stereocenters. The second-order valence-electron chi connectivity index (χ2n) is 8.23. The molecule has 2 fully saturated rings. The first-order valence-corrected chi connectivity index (χ1v) is 10.1. The molecule has 164 valence electrons. The first-order valence-electron chi connectivity index (χ1n) is 10.1. The van der Waals surface area contributed by atoms with Gasteiger partial charge in [-0.25, -0.2) is 4.79 Å². The number of amides is 4. The maximum Gasteiger partial charge on any atom is 0.344 e. The van der Waals surface area contributed by atoms with E-state index in [0.29, 0.717) is 36.8 Å². The van der Waals surface area contributed by atoms with Gasteiger partial charge in [-0.2, -0.15) is 5.01 Å². The Morgan fingerprint density at radius 2 is 1.90 bits per heavy atom. The minimum Gasteiger partial charge on any atom is -0.493 e. The van der Waals surface area contributed by atoms with Crippen LogP contribution in [0.2, 0.25) is 0 Å². The topological polar surface area (TPSA) is 100 Å². The Kier molecular flexibility index (Phi) is 6.50. The number of carbonyl (C=O) groups excluding carboxylic acids is 3. The van der Waals surface area contributed by atoms with Crippen LogP contribution < -0.4 is 20.2 Å². The average Bonchev–Trinajstić information content (AvgIpc) is 2.94. The highest BCUT2D eigenvalue weighted by Crippen LogP contribution is 2.35. The Labute approximate surface area is 176 Å². The molecule has 3 rings (SSSR count). The van der Waals surface area contributed by atoms with E-state index in [2.05, 4.69) is 17.7 Å². The quantitative estimate of drug-likeness (QED) is 0.654. The molecule has 0 bridgehead atoms. The molecule has 9 nitrogen and oxygen atoms in total. The fourth-order valence-corrected chi connectivity index (χ4v) is 4.07. The van der Waals surface area contributed by atoms with Crippen LogP contribution in [0.5, 0.6) is 11.5 Å². The van der Waals surface area contributed by atoms with Gasteiger partial charge in [-0.15, -0.1) is 0 Å². The minimum atomic E-state index is -0.873. The third kappa shape index (κ3) is 4.51. The molecule has 1 aliphatic carbocycles. The van der Waals surface area contributed by atoms with E-state index in [1.165, 1.54) is 0 Å². The van der Waals surface area contributed by atoms with Crippen molar-refractivity contribution in [3.63, 3.8) is 0 Å². The molecular weight excluding hydrogens is 388 g/mol. The van der Waals surface area contributed by atoms with Crippen molar-refractivity contribution in [2.24, 2.45) is 5.92 Å². The van der Waals surface area contributed by atoms with Gasteiger partial charge in [-0.1, -0.05) is 13.0 Å². The Morgan fingerprint density at radius 1 is 1.23 bits per heavy atom. The number of hydrazine groups is 1. The van der Waals surface area contributed by atoms with Crippen LogP contribution in [-0.2, 0) is 16.1 Å². The molecule has 9 heteroatoms. The maximum absolute atomic E-state index is 12.8. The van der Waals surface area contributed by atoms with Crippen LogP contribution in [0.4, 0.5) is 4.79 Å². The summed E-state index contributed by atoms with van der Waals surface area (Å²) >= 11 is 0. The van der Waals surface area contributed by atoms with Crippen molar-refractivity contribution in [1.82, 2.24) is 20.7 Å². The number of likely N-dealkylation sites (N-methyl/N-ethyl adjacent to an activating group) is 1. The van der Waals surface area contributed by atoms with Gasteiger partial charge in [0.25, 0.3) is 11.8 Å². The van der Waals surface area contributed by atoms with Crippen molar-refractivity contribution in [3.05, 3.63) is 23.8 Å². The zero-order valence-corrected chi connectivity index (χ0v) is 18.0. The highest BCUT2D eigenvalue weighted by molar-refractivity contribution is 6.08. The van der Waals surface area contributed by atoms with Crippen LogP contribution in [0.3, 0.4) is 0 Å². The van der Waals surface area contributed by atoms with Crippen molar-refractivity contribution in [2.75, 3.05) is 27.8 Å². The van der Waals surface area contributed by atoms with E-state index < -0.39 is 17.5 Å². The number of carbonyl (C=O) groups is 3. The molecule has 30 heavy (non-hydrogen) atoms. The lowest BCUT2D eigenvalue weighted by atomic mass is 9.77. The summed E-state index contributed by atoms with van der Waals surface area (Å²) < 4.78 is 10.5. The van der Waals surface area contributed by atoms with Gasteiger partial charge in [0, 0.05) is 6.54 Å². The van der Waals surface area contributed by atoms with Gasteiger partial charge in [0.1, 0.15) is 5.54 Å². The molecule has 1 spiro atoms. The molecule has 1 saturated carbocycles. The van der Waals surface area contributed by atoms with Gasteiger partial charge in [0.15, 0.2) is 11.5 Å². The molecule has 1 aromatic rings. The predicted molar refractivity (Wildman–Crippen MR) is 110 cm³/mol. The van der Waals surface area contributed by atoms with E-state index in [4.69, 9.17) is 9.47 Å². The largest absolute Gasteiger partial charge is 0.493 e. The van der Waals surface area contributed by atoms with Gasteiger partial charge in [0.05, 0.1) is 20.8 Å². The molecule has 1 aliphatic heterocycles. The highest BCUT2D eigenvalue weighted by Gasteiger charge is 2.52. The molecule has 0 atom stereocenters. The first kappa shape index (κ1) is 21.9. The van der Waals surface area contributed by atoms with E-state index in [9.17, 15) is 14.4 Å². The zero-order chi connectivity index (χ0) is 21.9. The normalized spacial score (nSPS) is 23.6. The molecule has 2 aliphatic rings. The lowest BCUT2D eigenvalue weighted by Gasteiger charge is -2.33.